The zero-order chi connectivity index (χ0) is 36.3. The summed E-state index contributed by atoms with van der Waals surface area (Å²) < 4.78 is 12.1. The van der Waals surface area contributed by atoms with Crippen LogP contribution in [0.4, 0.5) is 9.59 Å². The molecule has 11 nitrogen and oxygen atoms in total. The highest BCUT2D eigenvalue weighted by Gasteiger charge is 2.40. The lowest BCUT2D eigenvalue weighted by Crippen LogP contribution is -2.51. The number of hydrogen-bond acceptors (Lipinski definition) is 7. The van der Waals surface area contributed by atoms with Crippen molar-refractivity contribution < 1.29 is 28.7 Å². The van der Waals surface area contributed by atoms with E-state index >= 15 is 0 Å². The predicted octanol–water partition coefficient (Wildman–Crippen LogP) is 7.00. The van der Waals surface area contributed by atoms with Gasteiger partial charge in [0.05, 0.1) is 25.4 Å². The highest BCUT2D eigenvalue weighted by atomic mass is 16.6. The maximum atomic E-state index is 13.8. The second kappa shape index (κ2) is 14.7. The Morgan fingerprint density at radius 3 is 2.20 bits per heavy atom. The number of likely N-dealkylation sites (tertiary alicyclic amines) is 1. The number of imidazole rings is 1. The number of fused-ring (bicyclic) bond motifs is 1. The molecule has 1 fully saturated rings. The summed E-state index contributed by atoms with van der Waals surface area (Å²) in [4.78, 5) is 59.0. The normalized spacial score (nSPS) is 15.2. The molecule has 50 heavy (non-hydrogen) atoms. The summed E-state index contributed by atoms with van der Waals surface area (Å²) in [5, 5.41) is 4.63. The van der Waals surface area contributed by atoms with Crippen LogP contribution < -0.4 is 5.32 Å². The first-order valence-corrected chi connectivity index (χ1v) is 17.0. The molecular formula is C39H47N5O6. The van der Waals surface area contributed by atoms with Crippen molar-refractivity contribution in [3.63, 3.8) is 0 Å². The molecule has 4 aromatic rings. The number of hydrogen-bond donors (Lipinski definition) is 1. The Balaban J connectivity index is 1.30. The molecule has 1 aromatic heterocycles. The van der Waals surface area contributed by atoms with Crippen molar-refractivity contribution in [3.05, 3.63) is 78.2 Å². The molecule has 0 radical (unpaired) electrons. The summed E-state index contributed by atoms with van der Waals surface area (Å²) in [6.45, 7) is 9.63. The van der Waals surface area contributed by atoms with Gasteiger partial charge in [-0.1, -0.05) is 62.4 Å². The van der Waals surface area contributed by atoms with Crippen molar-refractivity contribution >= 4 is 34.6 Å². The van der Waals surface area contributed by atoms with E-state index in [1.807, 2.05) is 48.7 Å². The van der Waals surface area contributed by atoms with Gasteiger partial charge in [-0.2, -0.15) is 0 Å². The van der Waals surface area contributed by atoms with Crippen LogP contribution in [0.25, 0.3) is 33.2 Å². The van der Waals surface area contributed by atoms with E-state index in [1.165, 1.54) is 12.0 Å². The topological polar surface area (TPSA) is 123 Å². The number of alkyl carbamates (subject to hydrolysis) is 1. The summed E-state index contributed by atoms with van der Waals surface area (Å²) in [5.74, 6) is 0.417. The minimum Gasteiger partial charge on any atom is -0.453 e. The Morgan fingerprint density at radius 1 is 0.960 bits per heavy atom. The molecule has 1 aliphatic rings. The number of methoxy groups -OCH3 is 1. The number of Topliss-reactive ketones (excluding diaryl/α,β-unsaturated/α-hetero) is 1. The van der Waals surface area contributed by atoms with Crippen molar-refractivity contribution in [1.82, 2.24) is 24.7 Å². The number of ether oxygens (including phenoxy) is 2. The van der Waals surface area contributed by atoms with Gasteiger partial charge in [0.15, 0.2) is 5.78 Å². The van der Waals surface area contributed by atoms with E-state index < -0.39 is 23.8 Å². The van der Waals surface area contributed by atoms with E-state index in [9.17, 15) is 19.2 Å². The molecule has 0 aliphatic carbocycles. The third-order valence-electron chi connectivity index (χ3n) is 8.98. The van der Waals surface area contributed by atoms with Gasteiger partial charge < -0.3 is 24.3 Å². The lowest BCUT2D eigenvalue weighted by molar-refractivity contribution is -0.138. The molecule has 5 rings (SSSR count). The molecule has 2 heterocycles. The third kappa shape index (κ3) is 7.98. The van der Waals surface area contributed by atoms with Crippen LogP contribution in [0.5, 0.6) is 0 Å². The van der Waals surface area contributed by atoms with Gasteiger partial charge in [-0.15, -0.1) is 0 Å². The van der Waals surface area contributed by atoms with Crippen molar-refractivity contribution in [1.29, 1.82) is 0 Å². The number of carbonyl (C=O) groups excluding carboxylic acids is 4. The van der Waals surface area contributed by atoms with Crippen molar-refractivity contribution in [2.24, 2.45) is 13.0 Å². The number of nitrogens with one attached hydrogen (secondary N) is 1. The quantitative estimate of drug-likeness (QED) is 0.189. The molecule has 11 heteroatoms. The van der Waals surface area contributed by atoms with Gasteiger partial charge in [-0.25, -0.2) is 14.6 Å². The number of aromatic nitrogens is 2. The molecule has 1 N–H and O–H groups in total. The predicted molar refractivity (Wildman–Crippen MR) is 193 cm³/mol. The Bertz CT molecular complexity index is 1890. The summed E-state index contributed by atoms with van der Waals surface area (Å²) >= 11 is 0. The first-order valence-electron chi connectivity index (χ1n) is 17.0. The average molecular weight is 682 g/mol. The average Bonchev–Trinajstić information content (AvgIpc) is 3.72. The minimum atomic E-state index is -0.637. The number of nitrogens with zero attached hydrogens (tertiary/aromatic N) is 4. The maximum Gasteiger partial charge on any atom is 0.409 e. The van der Waals surface area contributed by atoms with Crippen LogP contribution in [0.15, 0.2) is 66.9 Å². The Labute approximate surface area is 293 Å². The fraction of sp³-hybridized carbons (Fsp3) is 0.410. The summed E-state index contributed by atoms with van der Waals surface area (Å²) in [7, 11) is 4.88. The molecule has 2 atom stereocenters. The van der Waals surface area contributed by atoms with E-state index in [2.05, 4.69) is 41.7 Å². The standard InChI is InChI=1S/C39H47N5O6/c1-24(2)34(43(7)38(48)49-8)36(46)44-19-9-10-32(44)35-41-31(23-42(35)6)30-18-17-28-20-27(15-16-29(28)21-30)25-11-13-26(14-12-25)33(45)22-40-37(47)50-39(3,4)5/h11-18,20-21,23-24,32,34H,9-10,19,22H2,1-8H3,(H,40,47). The summed E-state index contributed by atoms with van der Waals surface area (Å²) in [6, 6.07) is 19.0. The maximum absolute atomic E-state index is 13.8. The smallest absolute Gasteiger partial charge is 0.409 e. The SMILES string of the molecule is COC(=O)N(C)C(C(=O)N1CCCC1c1nc(-c2ccc3cc(-c4ccc(C(=O)CNC(=O)OC(C)(C)C)cc4)ccc3c2)cn1C)C(C)C. The fourth-order valence-electron chi connectivity index (χ4n) is 6.56. The Hall–Kier alpha value is -5.19. The van der Waals surface area contributed by atoms with Crippen LogP contribution in [-0.2, 0) is 21.3 Å². The van der Waals surface area contributed by atoms with Crippen molar-refractivity contribution in [2.45, 2.75) is 65.1 Å². The van der Waals surface area contributed by atoms with Crippen LogP contribution >= 0.6 is 0 Å². The van der Waals surface area contributed by atoms with E-state index in [1.54, 1.807) is 40.0 Å². The van der Waals surface area contributed by atoms with Crippen molar-refractivity contribution in [3.8, 4) is 22.4 Å². The zero-order valence-corrected chi connectivity index (χ0v) is 30.1. The molecule has 264 valence electrons. The molecule has 2 unspecified atom stereocenters. The first-order chi connectivity index (χ1) is 23.7. The number of amides is 3. The molecule has 0 bridgehead atoms. The van der Waals surface area contributed by atoms with Gasteiger partial charge in [-0.3, -0.25) is 14.5 Å². The van der Waals surface area contributed by atoms with Crippen LogP contribution in [-0.4, -0.2) is 82.1 Å². The van der Waals surface area contributed by atoms with Crippen LogP contribution in [0.3, 0.4) is 0 Å². The number of benzene rings is 3. The van der Waals surface area contributed by atoms with Gasteiger partial charge in [0.25, 0.3) is 0 Å². The van der Waals surface area contributed by atoms with Crippen LogP contribution in [0.2, 0.25) is 0 Å². The third-order valence-corrected chi connectivity index (χ3v) is 8.98. The first kappa shape index (κ1) is 36.1. The van der Waals surface area contributed by atoms with Gasteiger partial charge in [0, 0.05) is 38.0 Å². The molecular weight excluding hydrogens is 634 g/mol. The number of ketones is 1. The Morgan fingerprint density at radius 2 is 1.58 bits per heavy atom. The highest BCUT2D eigenvalue weighted by molar-refractivity contribution is 5.99. The second-order valence-electron chi connectivity index (χ2n) is 14.2. The molecule has 1 saturated heterocycles. The molecule has 0 spiro atoms. The largest absolute Gasteiger partial charge is 0.453 e. The second-order valence-corrected chi connectivity index (χ2v) is 14.2. The minimum absolute atomic E-state index is 0.0914. The van der Waals surface area contributed by atoms with Crippen LogP contribution in [0, 0.1) is 5.92 Å². The fourth-order valence-corrected chi connectivity index (χ4v) is 6.56. The van der Waals surface area contributed by atoms with E-state index in [-0.39, 0.29) is 30.2 Å². The van der Waals surface area contributed by atoms with E-state index in [0.29, 0.717) is 12.1 Å². The molecule has 3 amide bonds. The Kier molecular flexibility index (Phi) is 10.6. The van der Waals surface area contributed by atoms with Gasteiger partial charge in [0.1, 0.15) is 17.5 Å². The lowest BCUT2D eigenvalue weighted by atomic mass is 9.98. The summed E-state index contributed by atoms with van der Waals surface area (Å²) in [6.07, 6.45) is 2.49. The molecule has 1 aliphatic heterocycles. The summed E-state index contributed by atoms with van der Waals surface area (Å²) in [5.41, 5.74) is 3.64. The number of likely N-dealkylation sites (N-methyl/N-ethyl adjacent to an activating group) is 1. The van der Waals surface area contributed by atoms with Gasteiger partial charge >= 0.3 is 12.2 Å². The zero-order valence-electron chi connectivity index (χ0n) is 30.1. The van der Waals surface area contributed by atoms with Crippen molar-refractivity contribution in [2.75, 3.05) is 27.2 Å². The molecule has 3 aromatic carbocycles. The van der Waals surface area contributed by atoms with E-state index in [4.69, 9.17) is 14.5 Å². The molecule has 0 saturated carbocycles. The highest BCUT2D eigenvalue weighted by Crippen LogP contribution is 2.35. The van der Waals surface area contributed by atoms with E-state index in [0.717, 1.165) is 51.8 Å². The van der Waals surface area contributed by atoms with Gasteiger partial charge in [0.2, 0.25) is 5.91 Å². The monoisotopic (exact) mass is 681 g/mol. The lowest BCUT2D eigenvalue weighted by Gasteiger charge is -2.34. The van der Waals surface area contributed by atoms with Gasteiger partial charge in [-0.05, 0) is 73.6 Å². The number of rotatable bonds is 9. The number of carbonyl (C=O) groups is 4. The number of aryl methyl sites for hydroxylation is 1. The van der Waals surface area contributed by atoms with Crippen LogP contribution in [0.1, 0.15) is 69.7 Å².